The van der Waals surface area contributed by atoms with Gasteiger partial charge in [0.25, 0.3) is 0 Å². The number of benzene rings is 2. The lowest BCUT2D eigenvalue weighted by Crippen LogP contribution is -2.47. The van der Waals surface area contributed by atoms with Crippen LogP contribution in [0.25, 0.3) is 0 Å². The van der Waals surface area contributed by atoms with E-state index in [1.54, 1.807) is 24.3 Å². The highest BCUT2D eigenvalue weighted by molar-refractivity contribution is 7.89. The largest absolute Gasteiger partial charge is 0.496 e. The first-order valence-electron chi connectivity index (χ1n) is 9.40. The molecule has 0 spiro atoms. The number of methoxy groups -OCH3 is 1. The van der Waals surface area contributed by atoms with Gasteiger partial charge in [-0.15, -0.1) is 0 Å². The van der Waals surface area contributed by atoms with Gasteiger partial charge in [-0.05, 0) is 30.3 Å². The van der Waals surface area contributed by atoms with Crippen LogP contribution < -0.4 is 15.4 Å². The van der Waals surface area contributed by atoms with Crippen molar-refractivity contribution in [2.24, 2.45) is 0 Å². The summed E-state index contributed by atoms with van der Waals surface area (Å²) in [5, 5.41) is 4.86. The minimum atomic E-state index is -3.95. The fourth-order valence-corrected chi connectivity index (χ4v) is 4.56. The lowest BCUT2D eigenvalue weighted by atomic mass is 10.2. The van der Waals surface area contributed by atoms with E-state index in [0.717, 1.165) is 28.6 Å². The fourth-order valence-electron chi connectivity index (χ4n) is 3.05. The minimum absolute atomic E-state index is 0.0697. The van der Waals surface area contributed by atoms with Crippen molar-refractivity contribution >= 4 is 21.8 Å². The van der Waals surface area contributed by atoms with Gasteiger partial charge >= 0.3 is 11.8 Å². The van der Waals surface area contributed by atoms with E-state index in [2.05, 4.69) is 10.6 Å². The van der Waals surface area contributed by atoms with Crippen LogP contribution in [0.5, 0.6) is 5.75 Å². The summed E-state index contributed by atoms with van der Waals surface area (Å²) >= 11 is 0. The highest BCUT2D eigenvalue weighted by Gasteiger charge is 2.36. The number of carbonyl (C=O) groups is 2. The van der Waals surface area contributed by atoms with Crippen molar-refractivity contribution in [2.75, 3.05) is 26.8 Å². The number of amides is 2. The van der Waals surface area contributed by atoms with Crippen LogP contribution >= 0.6 is 0 Å². The van der Waals surface area contributed by atoms with Crippen LogP contribution in [0.2, 0.25) is 0 Å². The number of halogens is 1. The number of carbonyl (C=O) groups excluding carboxylic acids is 2. The summed E-state index contributed by atoms with van der Waals surface area (Å²) in [7, 11) is -2.45. The van der Waals surface area contributed by atoms with E-state index < -0.39 is 33.9 Å². The monoisotopic (exact) mass is 451 g/mol. The van der Waals surface area contributed by atoms with Gasteiger partial charge in [0, 0.05) is 18.7 Å². The topological polar surface area (TPSA) is 114 Å². The molecule has 0 unspecified atom stereocenters. The average molecular weight is 451 g/mol. The van der Waals surface area contributed by atoms with Gasteiger partial charge < -0.3 is 20.1 Å². The predicted octanol–water partition coefficient (Wildman–Crippen LogP) is 0.614. The Morgan fingerprint density at radius 2 is 1.81 bits per heavy atom. The molecule has 31 heavy (non-hydrogen) atoms. The number of sulfonamides is 1. The third-order valence-corrected chi connectivity index (χ3v) is 6.54. The number of nitrogens with zero attached hydrogens (tertiary/aromatic N) is 1. The number of ether oxygens (including phenoxy) is 2. The second-order valence-corrected chi connectivity index (χ2v) is 8.49. The molecular formula is C20H22FN3O6S. The molecule has 3 rings (SSSR count). The Balaban J connectivity index is 1.56. The van der Waals surface area contributed by atoms with Crippen LogP contribution in [0.4, 0.5) is 4.39 Å². The molecule has 1 fully saturated rings. The van der Waals surface area contributed by atoms with Crippen LogP contribution in [0, 0.1) is 5.82 Å². The Labute approximate surface area is 179 Å². The molecule has 1 atom stereocenters. The first kappa shape index (κ1) is 22.7. The maximum Gasteiger partial charge on any atom is 0.309 e. The maximum atomic E-state index is 13.1. The molecule has 0 bridgehead atoms. The van der Waals surface area contributed by atoms with E-state index in [1.807, 2.05) is 0 Å². The first-order valence-corrected chi connectivity index (χ1v) is 10.8. The van der Waals surface area contributed by atoms with Crippen LogP contribution in [0.15, 0.2) is 53.4 Å². The van der Waals surface area contributed by atoms with Crippen molar-refractivity contribution < 1.29 is 31.9 Å². The van der Waals surface area contributed by atoms with Crippen molar-refractivity contribution in [3.8, 4) is 5.75 Å². The SMILES string of the molecule is COc1ccccc1CNC(=O)C(=O)NC[C@@H]1OCCN1S(=O)(=O)c1ccc(F)cc1. The summed E-state index contributed by atoms with van der Waals surface area (Å²) in [5.74, 6) is -1.79. The summed E-state index contributed by atoms with van der Waals surface area (Å²) < 4.78 is 50.3. The molecule has 1 heterocycles. The van der Waals surface area contributed by atoms with Gasteiger partial charge in [0.2, 0.25) is 10.0 Å². The number of hydrogen-bond donors (Lipinski definition) is 2. The Morgan fingerprint density at radius 1 is 1.13 bits per heavy atom. The molecule has 2 N–H and O–H groups in total. The molecule has 0 aliphatic carbocycles. The standard InChI is InChI=1S/C20H22FN3O6S/c1-29-17-5-3-2-4-14(17)12-22-19(25)20(26)23-13-18-24(10-11-30-18)31(27,28)16-8-6-15(21)7-9-16/h2-9,18H,10-13H2,1H3,(H,22,25)(H,23,26)/t18-/m0/s1. The number of para-hydroxylation sites is 1. The quantitative estimate of drug-likeness (QED) is 0.597. The molecule has 0 aromatic heterocycles. The smallest absolute Gasteiger partial charge is 0.309 e. The van der Waals surface area contributed by atoms with Crippen molar-refractivity contribution in [1.82, 2.24) is 14.9 Å². The van der Waals surface area contributed by atoms with Crippen molar-refractivity contribution in [3.63, 3.8) is 0 Å². The molecule has 2 amide bonds. The number of rotatable bonds is 7. The molecule has 0 radical (unpaired) electrons. The van der Waals surface area contributed by atoms with Gasteiger partial charge in [0.15, 0.2) is 0 Å². The van der Waals surface area contributed by atoms with Crippen LogP contribution in [0.3, 0.4) is 0 Å². The van der Waals surface area contributed by atoms with E-state index in [9.17, 15) is 22.4 Å². The van der Waals surface area contributed by atoms with E-state index in [1.165, 1.54) is 7.11 Å². The number of nitrogens with one attached hydrogen (secondary N) is 2. The van der Waals surface area contributed by atoms with Crippen LogP contribution in [-0.4, -0.2) is 57.6 Å². The summed E-state index contributed by atoms with van der Waals surface area (Å²) in [6.07, 6.45) is -0.985. The second kappa shape index (κ2) is 9.86. The van der Waals surface area contributed by atoms with Crippen LogP contribution in [-0.2, 0) is 30.9 Å². The molecule has 1 aliphatic heterocycles. The van der Waals surface area contributed by atoms with Gasteiger partial charge in [-0.1, -0.05) is 18.2 Å². The van der Waals surface area contributed by atoms with E-state index >= 15 is 0 Å². The lowest BCUT2D eigenvalue weighted by Gasteiger charge is -2.22. The molecule has 2 aromatic rings. The van der Waals surface area contributed by atoms with E-state index in [4.69, 9.17) is 9.47 Å². The molecule has 2 aromatic carbocycles. The summed E-state index contributed by atoms with van der Waals surface area (Å²) in [4.78, 5) is 24.1. The van der Waals surface area contributed by atoms with Gasteiger partial charge in [0.1, 0.15) is 17.8 Å². The van der Waals surface area contributed by atoms with Crippen molar-refractivity contribution in [2.45, 2.75) is 17.7 Å². The fraction of sp³-hybridized carbons (Fsp3) is 0.300. The zero-order valence-corrected chi connectivity index (χ0v) is 17.5. The maximum absolute atomic E-state index is 13.1. The zero-order chi connectivity index (χ0) is 22.4. The molecule has 1 saturated heterocycles. The van der Waals surface area contributed by atoms with Gasteiger partial charge in [0.05, 0.1) is 25.2 Å². The summed E-state index contributed by atoms with van der Waals surface area (Å²) in [6.45, 7) is 0.0593. The summed E-state index contributed by atoms with van der Waals surface area (Å²) in [6, 6.07) is 11.5. The first-order chi connectivity index (χ1) is 14.8. The highest BCUT2D eigenvalue weighted by Crippen LogP contribution is 2.22. The molecule has 11 heteroatoms. The van der Waals surface area contributed by atoms with Crippen LogP contribution in [0.1, 0.15) is 5.56 Å². The molecule has 1 aliphatic rings. The Hall–Kier alpha value is -3.02. The summed E-state index contributed by atoms with van der Waals surface area (Å²) in [5.41, 5.74) is 0.696. The molecular weight excluding hydrogens is 429 g/mol. The van der Waals surface area contributed by atoms with Crippen molar-refractivity contribution in [3.05, 3.63) is 59.9 Å². The normalized spacial score (nSPS) is 16.6. The average Bonchev–Trinajstić information content (AvgIpc) is 3.26. The molecule has 0 saturated carbocycles. The van der Waals surface area contributed by atoms with E-state index in [-0.39, 0.29) is 31.1 Å². The third kappa shape index (κ3) is 5.37. The molecule has 9 nitrogen and oxygen atoms in total. The molecule has 166 valence electrons. The third-order valence-electron chi connectivity index (χ3n) is 4.64. The van der Waals surface area contributed by atoms with E-state index in [0.29, 0.717) is 11.3 Å². The second-order valence-electron chi connectivity index (χ2n) is 6.60. The minimum Gasteiger partial charge on any atom is -0.496 e. The van der Waals surface area contributed by atoms with Gasteiger partial charge in [-0.25, -0.2) is 12.8 Å². The highest BCUT2D eigenvalue weighted by atomic mass is 32.2. The Kier molecular flexibility index (Phi) is 7.21. The van der Waals surface area contributed by atoms with Gasteiger partial charge in [-0.3, -0.25) is 9.59 Å². The van der Waals surface area contributed by atoms with Crippen molar-refractivity contribution in [1.29, 1.82) is 0 Å². The predicted molar refractivity (Wildman–Crippen MR) is 108 cm³/mol. The Morgan fingerprint density at radius 3 is 2.52 bits per heavy atom. The Bertz CT molecular complexity index is 1050. The van der Waals surface area contributed by atoms with Gasteiger partial charge in [-0.2, -0.15) is 4.31 Å². The number of hydrogen-bond acceptors (Lipinski definition) is 6. The zero-order valence-electron chi connectivity index (χ0n) is 16.7. The lowest BCUT2D eigenvalue weighted by molar-refractivity contribution is -0.139.